The van der Waals surface area contributed by atoms with Crippen LogP contribution in [0.25, 0.3) is 16.6 Å². The number of carbonyl (C=O) groups excluding carboxylic acids is 1. The predicted molar refractivity (Wildman–Crippen MR) is 98.0 cm³/mol. The van der Waals surface area contributed by atoms with Crippen molar-refractivity contribution < 1.29 is 17.9 Å². The molecule has 7 nitrogen and oxygen atoms in total. The van der Waals surface area contributed by atoms with Crippen molar-refractivity contribution >= 4 is 21.5 Å². The highest BCUT2D eigenvalue weighted by Crippen LogP contribution is 2.27. The first-order valence-electron chi connectivity index (χ1n) is 7.96. The topological polar surface area (TPSA) is 89.8 Å². The maximum Gasteiger partial charge on any atom is 0.310 e. The standard InChI is InChI=1S/C18H19N3O4S/c1-19-26(23,24)12-14-5-3-4-6-16(14)13-7-8-21-17(9-13)15(11-20-21)10-18(22)25-2/h3-9,11,19H,10,12H2,1-2H3. The lowest BCUT2D eigenvalue weighted by Gasteiger charge is -2.11. The van der Waals surface area contributed by atoms with Gasteiger partial charge in [-0.15, -0.1) is 0 Å². The Morgan fingerprint density at radius 2 is 2.00 bits per heavy atom. The highest BCUT2D eigenvalue weighted by atomic mass is 32.2. The van der Waals surface area contributed by atoms with Crippen LogP contribution >= 0.6 is 0 Å². The molecule has 3 aromatic rings. The van der Waals surface area contributed by atoms with Crippen LogP contribution in [0, 0.1) is 0 Å². The van der Waals surface area contributed by atoms with Crippen molar-refractivity contribution in [1.29, 1.82) is 0 Å². The third-order valence-electron chi connectivity index (χ3n) is 4.15. The summed E-state index contributed by atoms with van der Waals surface area (Å²) in [7, 11) is -0.648. The second kappa shape index (κ2) is 7.27. The van der Waals surface area contributed by atoms with Crippen molar-refractivity contribution in [2.45, 2.75) is 12.2 Å². The van der Waals surface area contributed by atoms with Gasteiger partial charge in [0.05, 0.1) is 31.0 Å². The normalized spacial score (nSPS) is 11.6. The van der Waals surface area contributed by atoms with E-state index in [9.17, 15) is 13.2 Å². The molecule has 0 aliphatic heterocycles. The first kappa shape index (κ1) is 18.1. The number of hydrogen-bond acceptors (Lipinski definition) is 5. The average Bonchev–Trinajstić information content (AvgIpc) is 3.04. The zero-order valence-electron chi connectivity index (χ0n) is 14.5. The van der Waals surface area contributed by atoms with Gasteiger partial charge in [0.1, 0.15) is 0 Å². The molecule has 0 fully saturated rings. The Morgan fingerprint density at radius 3 is 2.73 bits per heavy atom. The van der Waals surface area contributed by atoms with E-state index in [4.69, 9.17) is 4.74 Å². The first-order chi connectivity index (χ1) is 12.4. The summed E-state index contributed by atoms with van der Waals surface area (Å²) >= 11 is 0. The van der Waals surface area contributed by atoms with Crippen LogP contribution in [-0.4, -0.2) is 38.2 Å². The molecule has 0 aliphatic rings. The molecule has 2 aromatic heterocycles. The van der Waals surface area contributed by atoms with Gasteiger partial charge in [0.2, 0.25) is 10.0 Å². The van der Waals surface area contributed by atoms with Crippen LogP contribution in [-0.2, 0) is 31.7 Å². The second-order valence-corrected chi connectivity index (χ2v) is 7.71. The number of pyridine rings is 1. The highest BCUT2D eigenvalue weighted by Gasteiger charge is 2.15. The number of hydrogen-bond donors (Lipinski definition) is 1. The fraction of sp³-hybridized carbons (Fsp3) is 0.222. The van der Waals surface area contributed by atoms with Crippen LogP contribution in [0.1, 0.15) is 11.1 Å². The molecule has 0 atom stereocenters. The fourth-order valence-corrected chi connectivity index (χ4v) is 3.57. The fourth-order valence-electron chi connectivity index (χ4n) is 2.77. The lowest BCUT2D eigenvalue weighted by Crippen LogP contribution is -2.20. The molecule has 136 valence electrons. The van der Waals surface area contributed by atoms with E-state index in [0.717, 1.165) is 22.2 Å². The molecular formula is C18H19N3O4S. The molecule has 0 radical (unpaired) electrons. The Kier molecular flexibility index (Phi) is 5.06. The number of esters is 1. The smallest absolute Gasteiger partial charge is 0.310 e. The van der Waals surface area contributed by atoms with Gasteiger partial charge in [-0.3, -0.25) is 4.79 Å². The largest absolute Gasteiger partial charge is 0.469 e. The van der Waals surface area contributed by atoms with Crippen molar-refractivity contribution in [2.75, 3.05) is 14.2 Å². The number of rotatable bonds is 6. The van der Waals surface area contributed by atoms with Crippen LogP contribution in [0.3, 0.4) is 0 Å². The van der Waals surface area contributed by atoms with Gasteiger partial charge >= 0.3 is 5.97 Å². The SMILES string of the molecule is CNS(=O)(=O)Cc1ccccc1-c1ccn2ncc(CC(=O)OC)c2c1. The first-order valence-corrected chi connectivity index (χ1v) is 9.61. The van der Waals surface area contributed by atoms with Gasteiger partial charge in [0, 0.05) is 11.8 Å². The van der Waals surface area contributed by atoms with Gasteiger partial charge in [0.15, 0.2) is 0 Å². The molecule has 26 heavy (non-hydrogen) atoms. The molecule has 0 saturated carbocycles. The number of carbonyl (C=O) groups is 1. The third kappa shape index (κ3) is 3.76. The molecular weight excluding hydrogens is 354 g/mol. The van der Waals surface area contributed by atoms with Gasteiger partial charge in [0.25, 0.3) is 0 Å². The van der Waals surface area contributed by atoms with Crippen LogP contribution in [0.5, 0.6) is 0 Å². The summed E-state index contributed by atoms with van der Waals surface area (Å²) in [5.41, 5.74) is 3.89. The van der Waals surface area contributed by atoms with E-state index < -0.39 is 10.0 Å². The third-order valence-corrected chi connectivity index (χ3v) is 5.46. The van der Waals surface area contributed by atoms with E-state index in [1.807, 2.05) is 30.3 Å². The van der Waals surface area contributed by atoms with E-state index in [1.165, 1.54) is 14.2 Å². The second-order valence-electron chi connectivity index (χ2n) is 5.79. The van der Waals surface area contributed by atoms with Crippen LogP contribution in [0.2, 0.25) is 0 Å². The van der Waals surface area contributed by atoms with Crippen LogP contribution in [0.15, 0.2) is 48.8 Å². The average molecular weight is 373 g/mol. The van der Waals surface area contributed by atoms with Gasteiger partial charge < -0.3 is 4.74 Å². The maximum atomic E-state index is 12.0. The zero-order chi connectivity index (χ0) is 18.7. The lowest BCUT2D eigenvalue weighted by molar-refractivity contribution is -0.139. The van der Waals surface area contributed by atoms with E-state index >= 15 is 0 Å². The summed E-state index contributed by atoms with van der Waals surface area (Å²) in [5.74, 6) is -0.454. The minimum atomic E-state index is -3.39. The van der Waals surface area contributed by atoms with Gasteiger partial charge in [-0.25, -0.2) is 17.7 Å². The monoisotopic (exact) mass is 373 g/mol. The quantitative estimate of drug-likeness (QED) is 0.665. The molecule has 1 N–H and O–H groups in total. The molecule has 0 amide bonds. The minimum absolute atomic E-state index is 0.112. The minimum Gasteiger partial charge on any atom is -0.469 e. The molecule has 2 heterocycles. The Labute approximate surface area is 151 Å². The van der Waals surface area contributed by atoms with Gasteiger partial charge in [-0.05, 0) is 35.9 Å². The lowest BCUT2D eigenvalue weighted by atomic mass is 10.0. The molecule has 0 aliphatic carbocycles. The van der Waals surface area contributed by atoms with Gasteiger partial charge in [-0.2, -0.15) is 5.10 Å². The van der Waals surface area contributed by atoms with Crippen molar-refractivity contribution in [3.63, 3.8) is 0 Å². The Hall–Kier alpha value is -2.71. The van der Waals surface area contributed by atoms with Crippen LogP contribution < -0.4 is 4.72 Å². The van der Waals surface area contributed by atoms with Crippen LogP contribution in [0.4, 0.5) is 0 Å². The summed E-state index contributed by atoms with van der Waals surface area (Å²) < 4.78 is 32.6. The molecule has 8 heteroatoms. The van der Waals surface area contributed by atoms with Crippen molar-refractivity contribution in [3.8, 4) is 11.1 Å². The number of methoxy groups -OCH3 is 1. The van der Waals surface area contributed by atoms with E-state index in [2.05, 4.69) is 9.82 Å². The number of benzene rings is 1. The van der Waals surface area contributed by atoms with Crippen molar-refractivity contribution in [2.24, 2.45) is 0 Å². The summed E-state index contributed by atoms with van der Waals surface area (Å²) in [6.07, 6.45) is 3.54. The predicted octanol–water partition coefficient (Wildman–Crippen LogP) is 1.77. The Balaban J connectivity index is 2.06. The number of nitrogens with one attached hydrogen (secondary N) is 1. The maximum absolute atomic E-state index is 12.0. The number of sulfonamides is 1. The summed E-state index contributed by atoms with van der Waals surface area (Å²) in [4.78, 5) is 11.6. The highest BCUT2D eigenvalue weighted by molar-refractivity contribution is 7.88. The van der Waals surface area contributed by atoms with E-state index in [0.29, 0.717) is 5.56 Å². The molecule has 3 rings (SSSR count). The number of fused-ring (bicyclic) bond motifs is 1. The van der Waals surface area contributed by atoms with Crippen molar-refractivity contribution in [3.05, 3.63) is 59.9 Å². The van der Waals surface area contributed by atoms with E-state index in [-0.39, 0.29) is 18.1 Å². The zero-order valence-corrected chi connectivity index (χ0v) is 15.3. The summed E-state index contributed by atoms with van der Waals surface area (Å²) in [6.45, 7) is 0. The van der Waals surface area contributed by atoms with Gasteiger partial charge in [-0.1, -0.05) is 24.3 Å². The Bertz CT molecular complexity index is 1060. The summed E-state index contributed by atoms with van der Waals surface area (Å²) in [5, 5.41) is 4.24. The number of aromatic nitrogens is 2. The summed E-state index contributed by atoms with van der Waals surface area (Å²) in [6, 6.07) is 11.1. The molecule has 0 saturated heterocycles. The van der Waals surface area contributed by atoms with E-state index in [1.54, 1.807) is 23.0 Å². The molecule has 0 bridgehead atoms. The molecule has 0 spiro atoms. The molecule has 0 unspecified atom stereocenters. The number of ether oxygens (including phenoxy) is 1. The molecule has 1 aromatic carbocycles. The Morgan fingerprint density at radius 1 is 1.23 bits per heavy atom. The number of nitrogens with zero attached hydrogens (tertiary/aromatic N) is 2. The van der Waals surface area contributed by atoms with Crippen molar-refractivity contribution in [1.82, 2.24) is 14.3 Å².